The number of hydrogen-bond donors (Lipinski definition) is 2. The van der Waals surface area contributed by atoms with E-state index in [0.29, 0.717) is 10.3 Å². The highest BCUT2D eigenvalue weighted by molar-refractivity contribution is 7.20. The second-order valence-corrected chi connectivity index (χ2v) is 12.3. The number of fused-ring (bicyclic) bond motifs is 2. The summed E-state index contributed by atoms with van der Waals surface area (Å²) in [5, 5.41) is 19.9. The van der Waals surface area contributed by atoms with E-state index in [1.807, 2.05) is 50.2 Å². The Hall–Kier alpha value is -4.61. The summed E-state index contributed by atoms with van der Waals surface area (Å²) in [6.45, 7) is 3.98. The molecule has 0 spiro atoms. The molecular formula is C31H27N5O4S2. The summed E-state index contributed by atoms with van der Waals surface area (Å²) in [4.78, 5) is 38.7. The van der Waals surface area contributed by atoms with Crippen molar-refractivity contribution in [1.82, 2.24) is 9.99 Å². The Bertz CT molecular complexity index is 1880. The molecule has 3 heterocycles. The number of aromatic nitrogens is 1. The molecule has 0 bridgehead atoms. The molecule has 2 aromatic carbocycles. The van der Waals surface area contributed by atoms with E-state index in [0.717, 1.165) is 69.1 Å². The second-order valence-electron chi connectivity index (χ2n) is 10.2. The van der Waals surface area contributed by atoms with Gasteiger partial charge in [0.25, 0.3) is 17.5 Å². The van der Waals surface area contributed by atoms with Crippen molar-refractivity contribution in [3.8, 4) is 5.00 Å². The number of nitro benzene ring substituents is 1. The van der Waals surface area contributed by atoms with Gasteiger partial charge >= 0.3 is 0 Å². The van der Waals surface area contributed by atoms with E-state index in [1.165, 1.54) is 28.3 Å². The number of non-ortho nitro benzene ring substituents is 1. The molecule has 0 saturated carbocycles. The molecule has 0 aliphatic heterocycles. The largest absolute Gasteiger partial charge is 0.322 e. The minimum absolute atomic E-state index is 0.0204. The van der Waals surface area contributed by atoms with Gasteiger partial charge in [0.15, 0.2) is 0 Å². The lowest BCUT2D eigenvalue weighted by Crippen LogP contribution is -2.17. The van der Waals surface area contributed by atoms with E-state index in [4.69, 9.17) is 0 Å². The number of nitro groups is 1. The van der Waals surface area contributed by atoms with E-state index in [-0.39, 0.29) is 11.6 Å². The fraction of sp³-hybridized carbons (Fsp3) is 0.194. The molecule has 6 rings (SSSR count). The third kappa shape index (κ3) is 5.24. The van der Waals surface area contributed by atoms with Crippen LogP contribution in [0.25, 0.3) is 15.1 Å². The minimum atomic E-state index is -0.457. The standard InChI is InChI=1S/C31H27N5O4S2/c1-18-14-21(17-32-34-29(37)27-16-20-15-23(36(39)40)12-13-25(20)41-27)19(2)35(18)31-28(24-10-6-7-11-26(24)42-31)30(38)33-22-8-4-3-5-9-22/h3-5,8-9,12-17H,6-7,10-11H2,1-2H3,(H,33,38)(H,34,37)/b32-17-. The summed E-state index contributed by atoms with van der Waals surface area (Å²) in [6.07, 6.45) is 5.63. The lowest BCUT2D eigenvalue weighted by atomic mass is 9.95. The Balaban J connectivity index is 1.26. The summed E-state index contributed by atoms with van der Waals surface area (Å²) >= 11 is 2.92. The van der Waals surface area contributed by atoms with Gasteiger partial charge in [-0.15, -0.1) is 22.7 Å². The molecule has 2 amide bonds. The smallest absolute Gasteiger partial charge is 0.281 e. The van der Waals surface area contributed by atoms with Gasteiger partial charge in [0.2, 0.25) is 0 Å². The first kappa shape index (κ1) is 27.6. The van der Waals surface area contributed by atoms with Gasteiger partial charge in [0.1, 0.15) is 5.00 Å². The van der Waals surface area contributed by atoms with Crippen LogP contribution in [0, 0.1) is 24.0 Å². The predicted octanol–water partition coefficient (Wildman–Crippen LogP) is 7.17. The molecule has 2 N–H and O–H groups in total. The summed E-state index contributed by atoms with van der Waals surface area (Å²) in [5.41, 5.74) is 7.86. The Morgan fingerprint density at radius 3 is 2.57 bits per heavy atom. The number of carbonyl (C=O) groups is 2. The third-order valence-electron chi connectivity index (χ3n) is 7.39. The first-order valence-corrected chi connectivity index (χ1v) is 15.1. The zero-order valence-corrected chi connectivity index (χ0v) is 24.6. The first-order valence-electron chi connectivity index (χ1n) is 13.5. The number of para-hydroxylation sites is 1. The van der Waals surface area contributed by atoms with Gasteiger partial charge in [-0.1, -0.05) is 18.2 Å². The Morgan fingerprint density at radius 1 is 1.00 bits per heavy atom. The zero-order valence-electron chi connectivity index (χ0n) is 23.0. The molecule has 0 saturated heterocycles. The maximum atomic E-state index is 13.6. The number of thiophene rings is 2. The van der Waals surface area contributed by atoms with Crippen LogP contribution in [0.3, 0.4) is 0 Å². The van der Waals surface area contributed by atoms with Crippen LogP contribution in [0.2, 0.25) is 0 Å². The SMILES string of the molecule is Cc1cc(/C=N\NC(=O)c2cc3cc([N+](=O)[O-])ccc3s2)c(C)n1-c1sc2c(c1C(=O)Nc1ccccc1)CCCC2. The van der Waals surface area contributed by atoms with E-state index >= 15 is 0 Å². The molecule has 1 aliphatic carbocycles. The number of hydrazone groups is 1. The number of nitrogens with zero attached hydrogens (tertiary/aromatic N) is 3. The van der Waals surface area contributed by atoms with Crippen LogP contribution in [0.5, 0.6) is 0 Å². The van der Waals surface area contributed by atoms with Crippen LogP contribution in [0.15, 0.2) is 65.8 Å². The van der Waals surface area contributed by atoms with E-state index in [9.17, 15) is 19.7 Å². The van der Waals surface area contributed by atoms with E-state index < -0.39 is 10.8 Å². The first-order chi connectivity index (χ1) is 20.3. The fourth-order valence-electron chi connectivity index (χ4n) is 5.36. The highest BCUT2D eigenvalue weighted by Crippen LogP contribution is 2.39. The van der Waals surface area contributed by atoms with Gasteiger partial charge in [-0.2, -0.15) is 5.10 Å². The highest BCUT2D eigenvalue weighted by Gasteiger charge is 2.28. The number of benzene rings is 2. The molecule has 0 atom stereocenters. The molecule has 1 aliphatic rings. The van der Waals surface area contributed by atoms with E-state index in [2.05, 4.69) is 20.4 Å². The maximum Gasteiger partial charge on any atom is 0.281 e. The molecule has 5 aromatic rings. The minimum Gasteiger partial charge on any atom is -0.322 e. The van der Waals surface area contributed by atoms with Gasteiger partial charge in [-0.25, -0.2) is 5.43 Å². The van der Waals surface area contributed by atoms with Crippen molar-refractivity contribution in [2.45, 2.75) is 39.5 Å². The van der Waals surface area contributed by atoms with Crippen molar-refractivity contribution >= 4 is 62.2 Å². The van der Waals surface area contributed by atoms with Crippen LogP contribution >= 0.6 is 22.7 Å². The van der Waals surface area contributed by atoms with Gasteiger partial charge in [0.05, 0.1) is 21.6 Å². The number of hydrogen-bond acceptors (Lipinski definition) is 7. The van der Waals surface area contributed by atoms with Crippen LogP contribution in [0.1, 0.15) is 60.3 Å². The number of nitrogens with one attached hydrogen (secondary N) is 2. The predicted molar refractivity (Wildman–Crippen MR) is 168 cm³/mol. The van der Waals surface area contributed by atoms with Crippen molar-refractivity contribution < 1.29 is 14.5 Å². The Labute approximate surface area is 249 Å². The summed E-state index contributed by atoms with van der Waals surface area (Å²) in [6, 6.07) is 17.6. The van der Waals surface area contributed by atoms with Gasteiger partial charge in [0, 0.05) is 49.7 Å². The third-order valence-corrected chi connectivity index (χ3v) is 9.78. The van der Waals surface area contributed by atoms with Gasteiger partial charge in [-0.3, -0.25) is 19.7 Å². The molecule has 0 radical (unpaired) electrons. The Kier molecular flexibility index (Phi) is 7.44. The van der Waals surface area contributed by atoms with Crippen LogP contribution < -0.4 is 10.7 Å². The molecule has 9 nitrogen and oxygen atoms in total. The maximum absolute atomic E-state index is 13.6. The van der Waals surface area contributed by atoms with Crippen LogP contribution in [-0.2, 0) is 12.8 Å². The molecular weight excluding hydrogens is 571 g/mol. The molecule has 0 fully saturated rings. The summed E-state index contributed by atoms with van der Waals surface area (Å²) < 4.78 is 2.88. The highest BCUT2D eigenvalue weighted by atomic mass is 32.1. The van der Waals surface area contributed by atoms with Crippen molar-refractivity contribution in [3.63, 3.8) is 0 Å². The number of anilines is 1. The molecule has 3 aromatic heterocycles. The normalized spacial score (nSPS) is 12.9. The number of amides is 2. The lowest BCUT2D eigenvalue weighted by Gasteiger charge is -2.14. The summed E-state index contributed by atoms with van der Waals surface area (Å²) in [5.74, 6) is -0.506. The number of aryl methyl sites for hydroxylation is 2. The molecule has 0 unspecified atom stereocenters. The van der Waals surface area contributed by atoms with E-state index in [1.54, 1.807) is 29.7 Å². The zero-order chi connectivity index (χ0) is 29.4. The fourth-order valence-corrected chi connectivity index (χ4v) is 7.79. The van der Waals surface area contributed by atoms with Crippen molar-refractivity contribution in [2.75, 3.05) is 5.32 Å². The quantitative estimate of drug-likeness (QED) is 0.117. The monoisotopic (exact) mass is 597 g/mol. The van der Waals surface area contributed by atoms with Gasteiger partial charge < -0.3 is 9.88 Å². The van der Waals surface area contributed by atoms with Crippen molar-refractivity contribution in [1.29, 1.82) is 0 Å². The average Bonchev–Trinajstić information content (AvgIpc) is 3.65. The summed E-state index contributed by atoms with van der Waals surface area (Å²) in [7, 11) is 0. The number of rotatable bonds is 7. The lowest BCUT2D eigenvalue weighted by molar-refractivity contribution is -0.384. The van der Waals surface area contributed by atoms with Crippen LogP contribution in [-0.4, -0.2) is 27.5 Å². The molecule has 42 heavy (non-hydrogen) atoms. The topological polar surface area (TPSA) is 119 Å². The second kappa shape index (κ2) is 11.3. The average molecular weight is 598 g/mol. The number of carbonyl (C=O) groups excluding carboxylic acids is 2. The molecule has 11 heteroatoms. The van der Waals surface area contributed by atoms with Crippen molar-refractivity contribution in [2.24, 2.45) is 5.10 Å². The van der Waals surface area contributed by atoms with Crippen molar-refractivity contribution in [3.05, 3.63) is 109 Å². The van der Waals surface area contributed by atoms with Gasteiger partial charge in [-0.05, 0) is 75.4 Å². The van der Waals surface area contributed by atoms with Crippen LogP contribution in [0.4, 0.5) is 11.4 Å². The molecule has 212 valence electrons. The Morgan fingerprint density at radius 2 is 1.79 bits per heavy atom.